The predicted octanol–water partition coefficient (Wildman–Crippen LogP) is 5.27. The van der Waals surface area contributed by atoms with Crippen LogP contribution in [0.4, 0.5) is 4.39 Å². The Bertz CT molecular complexity index is 622. The van der Waals surface area contributed by atoms with Crippen molar-refractivity contribution >= 4 is 15.9 Å². The summed E-state index contributed by atoms with van der Waals surface area (Å²) < 4.78 is 20.0. The second-order valence-corrected chi connectivity index (χ2v) is 6.83. The van der Waals surface area contributed by atoms with E-state index in [4.69, 9.17) is 4.74 Å². The van der Waals surface area contributed by atoms with Crippen molar-refractivity contribution in [3.8, 4) is 11.5 Å². The van der Waals surface area contributed by atoms with Gasteiger partial charge >= 0.3 is 0 Å². The molecule has 1 N–H and O–H groups in total. The van der Waals surface area contributed by atoms with E-state index >= 15 is 0 Å². The van der Waals surface area contributed by atoms with Crippen LogP contribution in [0.15, 0.2) is 46.9 Å². The van der Waals surface area contributed by atoms with E-state index in [1.165, 1.54) is 12.1 Å². The summed E-state index contributed by atoms with van der Waals surface area (Å²) in [5.74, 6) is 0.911. The lowest BCUT2D eigenvalue weighted by Crippen LogP contribution is -2.35. The highest BCUT2D eigenvalue weighted by Crippen LogP contribution is 2.28. The minimum atomic E-state index is -0.307. The fourth-order valence-electron chi connectivity index (χ4n) is 1.80. The number of hydrogen-bond donors (Lipinski definition) is 1. The van der Waals surface area contributed by atoms with Crippen molar-refractivity contribution in [2.75, 3.05) is 0 Å². The Morgan fingerprint density at radius 1 is 1.14 bits per heavy atom. The topological polar surface area (TPSA) is 21.3 Å². The zero-order valence-electron chi connectivity index (χ0n) is 12.4. The molecular formula is C17H19BrFNO. The van der Waals surface area contributed by atoms with Gasteiger partial charge in [0, 0.05) is 28.2 Å². The summed E-state index contributed by atoms with van der Waals surface area (Å²) in [6, 6.07) is 12.0. The number of hydrogen-bond acceptors (Lipinski definition) is 2. The molecule has 0 heterocycles. The number of benzene rings is 2. The van der Waals surface area contributed by atoms with Crippen LogP contribution in [-0.2, 0) is 6.54 Å². The molecule has 2 aromatic rings. The van der Waals surface area contributed by atoms with Crippen LogP contribution in [0, 0.1) is 5.82 Å². The van der Waals surface area contributed by atoms with E-state index in [0.717, 1.165) is 15.8 Å². The lowest BCUT2D eigenvalue weighted by atomic mass is 10.1. The second kappa shape index (κ2) is 6.58. The van der Waals surface area contributed by atoms with Crippen LogP contribution in [0.5, 0.6) is 11.5 Å². The summed E-state index contributed by atoms with van der Waals surface area (Å²) in [5, 5.41) is 3.43. The van der Waals surface area contributed by atoms with Crippen LogP contribution in [0.2, 0.25) is 0 Å². The van der Waals surface area contributed by atoms with E-state index in [0.29, 0.717) is 12.3 Å². The van der Waals surface area contributed by atoms with Crippen LogP contribution in [0.25, 0.3) is 0 Å². The van der Waals surface area contributed by atoms with E-state index in [1.807, 2.05) is 18.2 Å². The molecule has 2 aromatic carbocycles. The zero-order valence-corrected chi connectivity index (χ0v) is 14.0. The Morgan fingerprint density at radius 2 is 1.90 bits per heavy atom. The van der Waals surface area contributed by atoms with Gasteiger partial charge in [0.25, 0.3) is 0 Å². The fraction of sp³-hybridized carbons (Fsp3) is 0.294. The number of halogens is 2. The Balaban J connectivity index is 2.22. The lowest BCUT2D eigenvalue weighted by molar-refractivity contribution is 0.413. The average molecular weight is 352 g/mol. The first-order chi connectivity index (χ1) is 9.83. The maximum atomic E-state index is 13.2. The molecule has 0 amide bonds. The summed E-state index contributed by atoms with van der Waals surface area (Å²) >= 11 is 3.47. The van der Waals surface area contributed by atoms with Gasteiger partial charge < -0.3 is 10.1 Å². The highest BCUT2D eigenvalue weighted by atomic mass is 79.9. The molecule has 0 aliphatic heterocycles. The molecular weight excluding hydrogens is 333 g/mol. The first kappa shape index (κ1) is 16.0. The molecule has 4 heteroatoms. The fourth-order valence-corrected chi connectivity index (χ4v) is 2.21. The summed E-state index contributed by atoms with van der Waals surface area (Å²) in [6.07, 6.45) is 0. The standard InChI is InChI=1S/C17H19BrFNO/c1-17(2,3)20-11-12-9-13(18)7-8-16(12)21-15-6-4-5-14(19)10-15/h4-10,20H,11H2,1-3H3. The predicted molar refractivity (Wildman–Crippen MR) is 87.2 cm³/mol. The van der Waals surface area contributed by atoms with Gasteiger partial charge in [-0.15, -0.1) is 0 Å². The van der Waals surface area contributed by atoms with Crippen molar-refractivity contribution in [2.24, 2.45) is 0 Å². The monoisotopic (exact) mass is 351 g/mol. The van der Waals surface area contributed by atoms with E-state index in [-0.39, 0.29) is 11.4 Å². The first-order valence-electron chi connectivity index (χ1n) is 6.80. The van der Waals surface area contributed by atoms with Gasteiger partial charge in [0.15, 0.2) is 0 Å². The van der Waals surface area contributed by atoms with Gasteiger partial charge in [-0.05, 0) is 51.1 Å². The van der Waals surface area contributed by atoms with Gasteiger partial charge in [0.1, 0.15) is 17.3 Å². The average Bonchev–Trinajstić information content (AvgIpc) is 2.38. The molecule has 0 radical (unpaired) electrons. The van der Waals surface area contributed by atoms with E-state index in [2.05, 4.69) is 42.0 Å². The zero-order chi connectivity index (χ0) is 15.5. The molecule has 0 bridgehead atoms. The van der Waals surface area contributed by atoms with Gasteiger partial charge in [-0.25, -0.2) is 4.39 Å². The molecule has 0 spiro atoms. The quantitative estimate of drug-likeness (QED) is 0.810. The maximum Gasteiger partial charge on any atom is 0.131 e. The molecule has 0 aliphatic carbocycles. The molecule has 112 valence electrons. The molecule has 21 heavy (non-hydrogen) atoms. The third kappa shape index (κ3) is 5.14. The van der Waals surface area contributed by atoms with Gasteiger partial charge in [0.05, 0.1) is 0 Å². The van der Waals surface area contributed by atoms with Crippen molar-refractivity contribution in [3.05, 3.63) is 58.3 Å². The summed E-state index contributed by atoms with van der Waals surface area (Å²) in [5.41, 5.74) is 1.03. The van der Waals surface area contributed by atoms with Crippen LogP contribution in [-0.4, -0.2) is 5.54 Å². The third-order valence-corrected chi connectivity index (χ3v) is 3.35. The van der Waals surface area contributed by atoms with Crippen molar-refractivity contribution in [1.29, 1.82) is 0 Å². The second-order valence-electron chi connectivity index (χ2n) is 5.92. The molecule has 0 aromatic heterocycles. The van der Waals surface area contributed by atoms with Crippen LogP contribution >= 0.6 is 15.9 Å². The van der Waals surface area contributed by atoms with Crippen molar-refractivity contribution in [2.45, 2.75) is 32.9 Å². The van der Waals surface area contributed by atoms with Crippen LogP contribution in [0.3, 0.4) is 0 Å². The highest BCUT2D eigenvalue weighted by Gasteiger charge is 2.12. The van der Waals surface area contributed by atoms with Crippen molar-refractivity contribution in [1.82, 2.24) is 5.32 Å². The third-order valence-electron chi connectivity index (χ3n) is 2.86. The molecule has 0 saturated heterocycles. The molecule has 2 rings (SSSR count). The molecule has 0 fully saturated rings. The Morgan fingerprint density at radius 3 is 2.57 bits per heavy atom. The Kier molecular flexibility index (Phi) is 5.01. The minimum Gasteiger partial charge on any atom is -0.457 e. The van der Waals surface area contributed by atoms with E-state index < -0.39 is 0 Å². The largest absolute Gasteiger partial charge is 0.457 e. The number of rotatable bonds is 4. The lowest BCUT2D eigenvalue weighted by Gasteiger charge is -2.21. The van der Waals surface area contributed by atoms with Crippen molar-refractivity contribution in [3.63, 3.8) is 0 Å². The summed E-state index contributed by atoms with van der Waals surface area (Å²) in [6.45, 7) is 7.00. The molecule has 0 saturated carbocycles. The van der Waals surface area contributed by atoms with Gasteiger partial charge in [-0.2, -0.15) is 0 Å². The number of ether oxygens (including phenoxy) is 1. The normalized spacial score (nSPS) is 11.5. The summed E-state index contributed by atoms with van der Waals surface area (Å²) in [7, 11) is 0. The smallest absolute Gasteiger partial charge is 0.131 e. The van der Waals surface area contributed by atoms with Crippen LogP contribution in [0.1, 0.15) is 26.3 Å². The Hall–Kier alpha value is -1.39. The van der Waals surface area contributed by atoms with Gasteiger partial charge in [0.2, 0.25) is 0 Å². The van der Waals surface area contributed by atoms with Gasteiger partial charge in [-0.1, -0.05) is 22.0 Å². The molecule has 2 nitrogen and oxygen atoms in total. The Labute approximate surface area is 133 Å². The summed E-state index contributed by atoms with van der Waals surface area (Å²) in [4.78, 5) is 0. The van der Waals surface area contributed by atoms with Gasteiger partial charge in [-0.3, -0.25) is 0 Å². The van der Waals surface area contributed by atoms with Crippen LogP contribution < -0.4 is 10.1 Å². The molecule has 0 unspecified atom stereocenters. The van der Waals surface area contributed by atoms with E-state index in [9.17, 15) is 4.39 Å². The first-order valence-corrected chi connectivity index (χ1v) is 7.60. The molecule has 0 aliphatic rings. The number of nitrogens with one attached hydrogen (secondary N) is 1. The SMILES string of the molecule is CC(C)(C)NCc1cc(Br)ccc1Oc1cccc(F)c1. The minimum absolute atomic E-state index is 0.0123. The molecule has 0 atom stereocenters. The highest BCUT2D eigenvalue weighted by molar-refractivity contribution is 9.10. The maximum absolute atomic E-state index is 13.2. The van der Waals surface area contributed by atoms with Crippen molar-refractivity contribution < 1.29 is 9.13 Å². The van der Waals surface area contributed by atoms with E-state index in [1.54, 1.807) is 12.1 Å².